The summed E-state index contributed by atoms with van der Waals surface area (Å²) in [7, 11) is -3.55. The minimum atomic E-state index is -3.55. The fourth-order valence-electron chi connectivity index (χ4n) is 4.68. The van der Waals surface area contributed by atoms with Gasteiger partial charge in [-0.25, -0.2) is 8.42 Å². The summed E-state index contributed by atoms with van der Waals surface area (Å²) >= 11 is 0. The molecule has 0 aliphatic carbocycles. The Kier molecular flexibility index (Phi) is 12.0. The number of carbonyl (C=O) groups is 2. The number of rotatable bonds is 15. The molecule has 0 spiro atoms. The van der Waals surface area contributed by atoms with E-state index in [1.807, 2.05) is 93.6 Å². The molecule has 8 heteroatoms. The summed E-state index contributed by atoms with van der Waals surface area (Å²) in [6.45, 7) is 6.45. The molecule has 1 N–H and O–H groups in total. The average molecular weight is 578 g/mol. The van der Waals surface area contributed by atoms with Crippen molar-refractivity contribution in [2.45, 2.75) is 71.5 Å². The highest BCUT2D eigenvalue weighted by Crippen LogP contribution is 2.21. The van der Waals surface area contributed by atoms with E-state index >= 15 is 0 Å². The van der Waals surface area contributed by atoms with Gasteiger partial charge in [0.1, 0.15) is 6.04 Å². The molecule has 0 aliphatic heterocycles. The van der Waals surface area contributed by atoms with E-state index in [9.17, 15) is 18.0 Å². The maximum atomic E-state index is 13.9. The molecule has 0 radical (unpaired) electrons. The van der Waals surface area contributed by atoms with Crippen LogP contribution < -0.4 is 9.62 Å². The van der Waals surface area contributed by atoms with E-state index in [4.69, 9.17) is 0 Å². The monoisotopic (exact) mass is 577 g/mol. The second kappa shape index (κ2) is 15.4. The van der Waals surface area contributed by atoms with E-state index in [0.717, 1.165) is 29.5 Å². The van der Waals surface area contributed by atoms with Gasteiger partial charge in [-0.15, -0.1) is 0 Å². The summed E-state index contributed by atoms with van der Waals surface area (Å²) < 4.78 is 26.6. The van der Waals surface area contributed by atoms with E-state index in [1.54, 1.807) is 17.0 Å². The third kappa shape index (κ3) is 9.74. The van der Waals surface area contributed by atoms with Gasteiger partial charge in [-0.2, -0.15) is 0 Å². The van der Waals surface area contributed by atoms with Crippen LogP contribution in [-0.4, -0.2) is 50.0 Å². The number of benzene rings is 3. The van der Waals surface area contributed by atoms with Gasteiger partial charge in [0.05, 0.1) is 11.9 Å². The third-order valence-electron chi connectivity index (χ3n) is 7.25. The standard InChI is InChI=1S/C33H43N3O4S/c1-5-26(3)34-33(38)31(24-28-14-9-7-10-15-28)35(25-29-16-11-8-12-17-29)32(37)18-13-23-36(41(4,39)40)30-21-19-27(6-2)20-22-30/h7-12,14-17,19-22,26,31H,5-6,13,18,23-25H2,1-4H3,(H,34,38). The Hall–Kier alpha value is -3.65. The molecule has 0 heterocycles. The second-order valence-corrected chi connectivity index (χ2v) is 12.4. The SMILES string of the molecule is CCc1ccc(N(CCCC(=O)N(Cc2ccccc2)C(Cc2ccccc2)C(=O)NC(C)CC)S(C)(=O)=O)cc1. The van der Waals surface area contributed by atoms with Crippen molar-refractivity contribution in [1.82, 2.24) is 10.2 Å². The van der Waals surface area contributed by atoms with Crippen LogP contribution >= 0.6 is 0 Å². The predicted octanol–water partition coefficient (Wildman–Crippen LogP) is 5.35. The van der Waals surface area contributed by atoms with Crippen LogP contribution in [0.15, 0.2) is 84.9 Å². The number of anilines is 1. The molecular formula is C33H43N3O4S. The van der Waals surface area contributed by atoms with Crippen LogP contribution in [0.25, 0.3) is 0 Å². The highest BCUT2D eigenvalue weighted by Gasteiger charge is 2.31. The Balaban J connectivity index is 1.85. The van der Waals surface area contributed by atoms with Crippen molar-refractivity contribution in [3.63, 3.8) is 0 Å². The van der Waals surface area contributed by atoms with Gasteiger partial charge in [0.2, 0.25) is 21.8 Å². The van der Waals surface area contributed by atoms with Crippen LogP contribution in [0.3, 0.4) is 0 Å². The fourth-order valence-corrected chi connectivity index (χ4v) is 5.64. The maximum Gasteiger partial charge on any atom is 0.243 e. The summed E-state index contributed by atoms with van der Waals surface area (Å²) in [5.41, 5.74) is 3.58. The van der Waals surface area contributed by atoms with Gasteiger partial charge in [0, 0.05) is 32.0 Å². The Morgan fingerprint density at radius 2 is 1.41 bits per heavy atom. The number of carbonyl (C=O) groups excluding carboxylic acids is 2. The quantitative estimate of drug-likeness (QED) is 0.264. The van der Waals surface area contributed by atoms with Gasteiger partial charge in [0.15, 0.2) is 0 Å². The average Bonchev–Trinajstić information content (AvgIpc) is 2.97. The van der Waals surface area contributed by atoms with Crippen molar-refractivity contribution < 1.29 is 18.0 Å². The summed E-state index contributed by atoms with van der Waals surface area (Å²) in [5, 5.41) is 3.08. The topological polar surface area (TPSA) is 86.8 Å². The Morgan fingerprint density at radius 1 is 0.829 bits per heavy atom. The lowest BCUT2D eigenvalue weighted by Gasteiger charge is -2.32. The lowest BCUT2D eigenvalue weighted by atomic mass is 10.0. The van der Waals surface area contributed by atoms with Crippen molar-refractivity contribution >= 4 is 27.5 Å². The van der Waals surface area contributed by atoms with Crippen molar-refractivity contribution in [3.8, 4) is 0 Å². The number of amides is 2. The molecule has 41 heavy (non-hydrogen) atoms. The normalized spacial score (nSPS) is 12.8. The summed E-state index contributed by atoms with van der Waals surface area (Å²) in [5.74, 6) is -0.384. The van der Waals surface area contributed by atoms with E-state index in [1.165, 1.54) is 10.6 Å². The van der Waals surface area contributed by atoms with Gasteiger partial charge in [-0.05, 0) is 55.0 Å². The predicted molar refractivity (Wildman–Crippen MR) is 166 cm³/mol. The van der Waals surface area contributed by atoms with Crippen molar-refractivity contribution in [2.24, 2.45) is 0 Å². The zero-order valence-corrected chi connectivity index (χ0v) is 25.4. The first-order valence-electron chi connectivity index (χ1n) is 14.4. The first-order chi connectivity index (χ1) is 19.6. The van der Waals surface area contributed by atoms with E-state index in [-0.39, 0.29) is 37.4 Å². The molecule has 3 aromatic carbocycles. The molecular weight excluding hydrogens is 534 g/mol. The molecule has 0 aromatic heterocycles. The lowest BCUT2D eigenvalue weighted by molar-refractivity contribution is -0.141. The molecule has 2 atom stereocenters. The highest BCUT2D eigenvalue weighted by molar-refractivity contribution is 7.92. The molecule has 7 nitrogen and oxygen atoms in total. The minimum absolute atomic E-state index is 0.0307. The Labute approximate surface area is 245 Å². The largest absolute Gasteiger partial charge is 0.352 e. The van der Waals surface area contributed by atoms with Gasteiger partial charge >= 0.3 is 0 Å². The Morgan fingerprint density at radius 3 is 1.95 bits per heavy atom. The molecule has 3 rings (SSSR count). The summed E-state index contributed by atoms with van der Waals surface area (Å²) in [4.78, 5) is 29.1. The van der Waals surface area contributed by atoms with Crippen LogP contribution in [0, 0.1) is 0 Å². The van der Waals surface area contributed by atoms with Gasteiger partial charge < -0.3 is 10.2 Å². The molecule has 2 unspecified atom stereocenters. The molecule has 220 valence electrons. The van der Waals surface area contributed by atoms with Crippen LogP contribution in [0.4, 0.5) is 5.69 Å². The zero-order valence-electron chi connectivity index (χ0n) is 24.6. The van der Waals surface area contributed by atoms with Crippen LogP contribution in [0.2, 0.25) is 0 Å². The number of sulfonamides is 1. The number of hydrogen-bond acceptors (Lipinski definition) is 4. The van der Waals surface area contributed by atoms with Gasteiger partial charge in [-0.3, -0.25) is 13.9 Å². The smallest absolute Gasteiger partial charge is 0.243 e. The first-order valence-corrected chi connectivity index (χ1v) is 16.2. The number of hydrogen-bond donors (Lipinski definition) is 1. The highest BCUT2D eigenvalue weighted by atomic mass is 32.2. The van der Waals surface area contributed by atoms with E-state index in [0.29, 0.717) is 18.5 Å². The van der Waals surface area contributed by atoms with Gasteiger partial charge in [0.25, 0.3) is 0 Å². The minimum Gasteiger partial charge on any atom is -0.352 e. The molecule has 3 aromatic rings. The number of aryl methyl sites for hydroxylation is 1. The first kappa shape index (κ1) is 31.9. The second-order valence-electron chi connectivity index (χ2n) is 10.5. The van der Waals surface area contributed by atoms with E-state index in [2.05, 4.69) is 5.32 Å². The number of nitrogens with one attached hydrogen (secondary N) is 1. The van der Waals surface area contributed by atoms with Crippen molar-refractivity contribution in [3.05, 3.63) is 102 Å². The fraction of sp³-hybridized carbons (Fsp3) is 0.394. The van der Waals surface area contributed by atoms with Crippen molar-refractivity contribution in [1.29, 1.82) is 0 Å². The van der Waals surface area contributed by atoms with E-state index < -0.39 is 16.1 Å². The zero-order chi connectivity index (χ0) is 29.8. The Bertz CT molecular complexity index is 1350. The van der Waals surface area contributed by atoms with Crippen LogP contribution in [-0.2, 0) is 39.0 Å². The molecule has 0 saturated carbocycles. The third-order valence-corrected chi connectivity index (χ3v) is 8.45. The molecule has 0 aliphatic rings. The molecule has 2 amide bonds. The summed E-state index contributed by atoms with van der Waals surface area (Å²) in [6.07, 6.45) is 3.61. The number of nitrogens with zero attached hydrogens (tertiary/aromatic N) is 2. The van der Waals surface area contributed by atoms with Crippen molar-refractivity contribution in [2.75, 3.05) is 17.1 Å². The van der Waals surface area contributed by atoms with Gasteiger partial charge in [-0.1, -0.05) is 86.6 Å². The molecule has 0 bridgehead atoms. The molecule has 0 fully saturated rings. The summed E-state index contributed by atoms with van der Waals surface area (Å²) in [6, 6.07) is 26.0. The maximum absolute atomic E-state index is 13.9. The van der Waals surface area contributed by atoms with Crippen LogP contribution in [0.1, 0.15) is 56.7 Å². The lowest BCUT2D eigenvalue weighted by Crippen LogP contribution is -2.52. The van der Waals surface area contributed by atoms with Crippen LogP contribution in [0.5, 0.6) is 0 Å². The molecule has 0 saturated heterocycles.